The molecule has 0 fully saturated rings. The SMILES string of the molecule is [C-]#[N+]c1c2c3c(c(Nc4cc(C)cc(C(=O)O)c4)ccc3n(C)c1=O)C(=O)c1ccccc1-2. The molecule has 0 unspecified atom stereocenters. The summed E-state index contributed by atoms with van der Waals surface area (Å²) in [6.45, 7) is 9.45. The number of carbonyl (C=O) groups excluding carboxylic acids is 1. The Labute approximate surface area is 188 Å². The van der Waals surface area contributed by atoms with E-state index in [4.69, 9.17) is 6.57 Å². The van der Waals surface area contributed by atoms with Gasteiger partial charge in [-0.25, -0.2) is 9.64 Å². The fourth-order valence-electron chi connectivity index (χ4n) is 4.49. The molecule has 0 saturated heterocycles. The first-order valence-corrected chi connectivity index (χ1v) is 10.1. The number of rotatable bonds is 3. The van der Waals surface area contributed by atoms with Gasteiger partial charge in [-0.2, -0.15) is 0 Å². The van der Waals surface area contributed by atoms with Crippen LogP contribution in [0.15, 0.2) is 59.4 Å². The van der Waals surface area contributed by atoms with Crippen LogP contribution in [0.5, 0.6) is 0 Å². The standard InChI is InChI=1S/C26H17N3O4/c1-13-10-14(26(32)33)12-15(11-13)28-18-8-9-19-22-20(23(27-2)25(31)29(19)3)16-6-4-5-7-17(16)24(30)21(18)22/h4-12,28H,1,3H3,(H,32,33). The molecule has 1 heterocycles. The number of pyridine rings is 1. The lowest BCUT2D eigenvalue weighted by Crippen LogP contribution is -2.21. The number of aromatic nitrogens is 1. The van der Waals surface area contributed by atoms with Crippen LogP contribution < -0.4 is 10.9 Å². The summed E-state index contributed by atoms with van der Waals surface area (Å²) in [5, 5.41) is 13.1. The zero-order valence-electron chi connectivity index (χ0n) is 17.8. The van der Waals surface area contributed by atoms with Crippen LogP contribution in [0.2, 0.25) is 0 Å². The predicted molar refractivity (Wildman–Crippen MR) is 126 cm³/mol. The number of anilines is 2. The van der Waals surface area contributed by atoms with Gasteiger partial charge in [-0.3, -0.25) is 9.59 Å². The van der Waals surface area contributed by atoms with Gasteiger partial charge in [-0.1, -0.05) is 24.3 Å². The average molecular weight is 435 g/mol. The maximum absolute atomic E-state index is 13.6. The number of hydrogen-bond acceptors (Lipinski definition) is 4. The molecular weight excluding hydrogens is 418 g/mol. The molecule has 5 rings (SSSR count). The Bertz CT molecular complexity index is 1640. The van der Waals surface area contributed by atoms with Gasteiger partial charge in [-0.05, 0) is 48.4 Å². The van der Waals surface area contributed by atoms with Crippen LogP contribution in [-0.2, 0) is 7.05 Å². The number of nitrogens with zero attached hydrogens (tertiary/aromatic N) is 2. The highest BCUT2D eigenvalue weighted by atomic mass is 16.4. The van der Waals surface area contributed by atoms with E-state index in [0.29, 0.717) is 44.5 Å². The summed E-state index contributed by atoms with van der Waals surface area (Å²) >= 11 is 0. The lowest BCUT2D eigenvalue weighted by molar-refractivity contribution is 0.0696. The summed E-state index contributed by atoms with van der Waals surface area (Å²) in [5.74, 6) is -1.28. The predicted octanol–water partition coefficient (Wildman–Crippen LogP) is 5.05. The Morgan fingerprint density at radius 3 is 2.45 bits per heavy atom. The van der Waals surface area contributed by atoms with Gasteiger partial charge in [-0.15, -0.1) is 0 Å². The van der Waals surface area contributed by atoms with Gasteiger partial charge in [0.05, 0.1) is 23.4 Å². The lowest BCUT2D eigenvalue weighted by Gasteiger charge is -2.24. The first-order chi connectivity index (χ1) is 15.8. The van der Waals surface area contributed by atoms with Gasteiger partial charge in [0.2, 0.25) is 0 Å². The van der Waals surface area contributed by atoms with Crippen molar-refractivity contribution in [3.8, 4) is 11.1 Å². The number of nitrogens with one attached hydrogen (secondary N) is 1. The van der Waals surface area contributed by atoms with E-state index in [0.717, 1.165) is 5.56 Å². The molecule has 1 aliphatic carbocycles. The van der Waals surface area contributed by atoms with Crippen molar-refractivity contribution < 1.29 is 14.7 Å². The Kier molecular flexibility index (Phi) is 4.40. The van der Waals surface area contributed by atoms with Crippen molar-refractivity contribution in [1.29, 1.82) is 0 Å². The van der Waals surface area contributed by atoms with Gasteiger partial charge < -0.3 is 15.0 Å². The van der Waals surface area contributed by atoms with Crippen molar-refractivity contribution in [2.45, 2.75) is 6.92 Å². The molecule has 3 aromatic carbocycles. The second-order valence-electron chi connectivity index (χ2n) is 7.97. The molecule has 4 aromatic rings. The maximum atomic E-state index is 13.6. The minimum absolute atomic E-state index is 0.0351. The largest absolute Gasteiger partial charge is 0.478 e. The highest BCUT2D eigenvalue weighted by Crippen LogP contribution is 2.45. The van der Waals surface area contributed by atoms with Crippen molar-refractivity contribution in [1.82, 2.24) is 4.57 Å². The Morgan fingerprint density at radius 1 is 1.03 bits per heavy atom. The molecule has 0 spiro atoms. The van der Waals surface area contributed by atoms with E-state index in [9.17, 15) is 19.5 Å². The lowest BCUT2D eigenvalue weighted by atomic mass is 9.82. The molecule has 0 aliphatic heterocycles. The van der Waals surface area contributed by atoms with Gasteiger partial charge in [0.25, 0.3) is 11.2 Å². The number of hydrogen-bond donors (Lipinski definition) is 2. The number of carboxylic acid groups (broad SMARTS) is 1. The van der Waals surface area contributed by atoms with E-state index < -0.39 is 11.5 Å². The third-order valence-electron chi connectivity index (χ3n) is 5.92. The summed E-state index contributed by atoms with van der Waals surface area (Å²) in [6, 6.07) is 15.2. The van der Waals surface area contributed by atoms with Gasteiger partial charge >= 0.3 is 5.97 Å². The third-order valence-corrected chi connectivity index (χ3v) is 5.92. The molecule has 0 radical (unpaired) electrons. The normalized spacial score (nSPS) is 11.7. The highest BCUT2D eigenvalue weighted by Gasteiger charge is 2.31. The number of carbonyl (C=O) groups is 2. The Morgan fingerprint density at radius 2 is 1.76 bits per heavy atom. The molecule has 33 heavy (non-hydrogen) atoms. The van der Waals surface area contributed by atoms with Crippen molar-refractivity contribution in [3.05, 3.63) is 98.6 Å². The first-order valence-electron chi connectivity index (χ1n) is 10.1. The number of aromatic carboxylic acids is 1. The van der Waals surface area contributed by atoms with Gasteiger partial charge in [0, 0.05) is 34.8 Å². The second-order valence-corrected chi connectivity index (χ2v) is 7.97. The Hall–Kier alpha value is -4.70. The molecule has 2 N–H and O–H groups in total. The topological polar surface area (TPSA) is 92.8 Å². The van der Waals surface area contributed by atoms with Gasteiger partial charge in [0.15, 0.2) is 5.78 Å². The summed E-state index contributed by atoms with van der Waals surface area (Å²) < 4.78 is 1.38. The summed E-state index contributed by atoms with van der Waals surface area (Å²) in [5.41, 5.74) is 3.72. The van der Waals surface area contributed by atoms with Crippen LogP contribution >= 0.6 is 0 Å². The van der Waals surface area contributed by atoms with E-state index in [1.54, 1.807) is 62.5 Å². The van der Waals surface area contributed by atoms with Crippen LogP contribution in [0.4, 0.5) is 17.1 Å². The highest BCUT2D eigenvalue weighted by molar-refractivity contribution is 6.29. The molecule has 0 bridgehead atoms. The number of carboxylic acids is 1. The molecule has 0 amide bonds. The van der Waals surface area contributed by atoms with E-state index in [-0.39, 0.29) is 17.0 Å². The molecule has 1 aromatic heterocycles. The molecule has 160 valence electrons. The van der Waals surface area contributed by atoms with Gasteiger partial charge in [0.1, 0.15) is 0 Å². The average Bonchev–Trinajstić information content (AvgIpc) is 2.80. The fraction of sp³-hybridized carbons (Fsp3) is 0.0769. The smallest absolute Gasteiger partial charge is 0.335 e. The van der Waals surface area contributed by atoms with Crippen LogP contribution in [0.1, 0.15) is 31.8 Å². The van der Waals surface area contributed by atoms with Crippen LogP contribution in [-0.4, -0.2) is 21.4 Å². The number of aryl methyl sites for hydroxylation is 2. The fourth-order valence-corrected chi connectivity index (χ4v) is 4.49. The minimum atomic E-state index is -1.05. The molecule has 7 heteroatoms. The van der Waals surface area contributed by atoms with E-state index in [2.05, 4.69) is 10.2 Å². The Balaban J connectivity index is 1.86. The van der Waals surface area contributed by atoms with Crippen LogP contribution in [0, 0.1) is 13.5 Å². The van der Waals surface area contributed by atoms with Crippen molar-refractivity contribution >= 4 is 39.7 Å². The summed E-state index contributed by atoms with van der Waals surface area (Å²) in [6.07, 6.45) is 0. The molecular formula is C26H17N3O4. The maximum Gasteiger partial charge on any atom is 0.335 e. The van der Waals surface area contributed by atoms with E-state index in [1.165, 1.54) is 10.6 Å². The summed E-state index contributed by atoms with van der Waals surface area (Å²) in [7, 11) is 1.58. The zero-order chi connectivity index (χ0) is 23.4. The van der Waals surface area contributed by atoms with E-state index in [1.807, 2.05) is 0 Å². The van der Waals surface area contributed by atoms with Crippen LogP contribution in [0.25, 0.3) is 26.9 Å². The van der Waals surface area contributed by atoms with Crippen molar-refractivity contribution in [3.63, 3.8) is 0 Å². The molecule has 1 aliphatic rings. The van der Waals surface area contributed by atoms with Crippen molar-refractivity contribution in [2.75, 3.05) is 5.32 Å². The van der Waals surface area contributed by atoms with Crippen LogP contribution in [0.3, 0.4) is 0 Å². The molecule has 7 nitrogen and oxygen atoms in total. The summed E-state index contributed by atoms with van der Waals surface area (Å²) in [4.78, 5) is 41.6. The minimum Gasteiger partial charge on any atom is -0.478 e. The first kappa shape index (κ1) is 20.2. The monoisotopic (exact) mass is 435 g/mol. The van der Waals surface area contributed by atoms with E-state index >= 15 is 0 Å². The third kappa shape index (κ3) is 2.92. The number of benzene rings is 3. The second kappa shape index (κ2) is 7.18. The number of ketones is 1. The number of fused-ring (bicyclic) bond motifs is 2. The molecule has 0 saturated carbocycles. The van der Waals surface area contributed by atoms with Crippen molar-refractivity contribution in [2.24, 2.45) is 7.05 Å². The quantitative estimate of drug-likeness (QED) is 0.387. The molecule has 0 atom stereocenters. The zero-order valence-corrected chi connectivity index (χ0v) is 17.8.